The summed E-state index contributed by atoms with van der Waals surface area (Å²) in [6.07, 6.45) is 1.68. The number of likely N-dealkylation sites (N-methyl/N-ethyl adjacent to an activating group) is 1. The molecule has 2 N–H and O–H groups in total. The Morgan fingerprint density at radius 1 is 1.50 bits per heavy atom. The maximum atomic E-state index is 5.50. The first-order valence-electron chi connectivity index (χ1n) is 4.48. The Bertz CT molecular complexity index is 206. The molecule has 1 saturated heterocycles. The van der Waals surface area contributed by atoms with Gasteiger partial charge >= 0.3 is 0 Å². The molecule has 0 spiro atoms. The van der Waals surface area contributed by atoms with Crippen LogP contribution in [0.5, 0.6) is 0 Å². The van der Waals surface area contributed by atoms with Gasteiger partial charge in [0.15, 0.2) is 0 Å². The average Bonchev–Trinajstić information content (AvgIpc) is 2.48. The van der Waals surface area contributed by atoms with Crippen molar-refractivity contribution in [1.29, 1.82) is 0 Å². The highest BCUT2D eigenvalue weighted by atomic mass is 15.2. The lowest BCUT2D eigenvalue weighted by Gasteiger charge is -2.07. The van der Waals surface area contributed by atoms with Gasteiger partial charge in [-0.05, 0) is 13.5 Å². The summed E-state index contributed by atoms with van der Waals surface area (Å²) in [5, 5.41) is 0. The summed E-state index contributed by atoms with van der Waals surface area (Å²) >= 11 is 0. The maximum Gasteiger partial charge on any atom is 0.0547 e. The fourth-order valence-electron chi connectivity index (χ4n) is 1.42. The molecule has 0 bridgehead atoms. The van der Waals surface area contributed by atoms with Gasteiger partial charge in [-0.15, -0.1) is 0 Å². The molecule has 0 atom stereocenters. The zero-order valence-corrected chi connectivity index (χ0v) is 7.88. The molecule has 0 unspecified atom stereocenters. The Balaban J connectivity index is 2.70. The third-order valence-corrected chi connectivity index (χ3v) is 2.14. The van der Waals surface area contributed by atoms with Crippen LogP contribution in [0.4, 0.5) is 0 Å². The number of hydrogen-bond acceptors (Lipinski definition) is 3. The van der Waals surface area contributed by atoms with E-state index in [4.69, 9.17) is 5.73 Å². The minimum absolute atomic E-state index is 0.851. The summed E-state index contributed by atoms with van der Waals surface area (Å²) in [7, 11) is 0. The Kier molecular flexibility index (Phi) is 3.29. The zero-order chi connectivity index (χ0) is 8.97. The first-order valence-corrected chi connectivity index (χ1v) is 4.48. The molecule has 1 aliphatic rings. The molecule has 1 aliphatic heterocycles. The summed E-state index contributed by atoms with van der Waals surface area (Å²) in [5.41, 5.74) is 7.86. The smallest absolute Gasteiger partial charge is 0.0547 e. The van der Waals surface area contributed by atoms with E-state index in [2.05, 4.69) is 23.7 Å². The van der Waals surface area contributed by atoms with Crippen LogP contribution in [-0.2, 0) is 0 Å². The number of rotatable bonds is 2. The van der Waals surface area contributed by atoms with Gasteiger partial charge in [0.25, 0.3) is 0 Å². The standard InChI is InChI=1S/C9H17N3/c1-3-11-9-7-12(4-2)6-8(9)5-10/h5H,3-4,6-7,10H2,1-2H3/b8-5-,11-9?. The molecular formula is C9H17N3. The maximum absolute atomic E-state index is 5.50. The van der Waals surface area contributed by atoms with Crippen LogP contribution in [0.1, 0.15) is 13.8 Å². The predicted octanol–water partition coefficient (Wildman–Crippen LogP) is 0.625. The lowest BCUT2D eigenvalue weighted by Crippen LogP contribution is -2.19. The number of aliphatic imine (C=N–C) groups is 1. The highest BCUT2D eigenvalue weighted by Crippen LogP contribution is 2.11. The van der Waals surface area contributed by atoms with E-state index in [1.807, 2.05) is 0 Å². The SMILES string of the molecule is CCN=C1CN(CC)C/C1=C/N. The Morgan fingerprint density at radius 3 is 2.75 bits per heavy atom. The van der Waals surface area contributed by atoms with Crippen LogP contribution < -0.4 is 5.73 Å². The molecule has 12 heavy (non-hydrogen) atoms. The average molecular weight is 167 g/mol. The number of likely N-dealkylation sites (tertiary alicyclic amines) is 1. The molecule has 0 aromatic rings. The van der Waals surface area contributed by atoms with E-state index in [9.17, 15) is 0 Å². The van der Waals surface area contributed by atoms with E-state index in [1.54, 1.807) is 6.20 Å². The fraction of sp³-hybridized carbons (Fsp3) is 0.667. The third kappa shape index (κ3) is 1.85. The summed E-state index contributed by atoms with van der Waals surface area (Å²) in [6.45, 7) is 8.06. The monoisotopic (exact) mass is 167 g/mol. The second-order valence-corrected chi connectivity index (χ2v) is 2.92. The van der Waals surface area contributed by atoms with Crippen molar-refractivity contribution in [3.05, 3.63) is 11.8 Å². The highest BCUT2D eigenvalue weighted by Gasteiger charge is 2.20. The Morgan fingerprint density at radius 2 is 2.25 bits per heavy atom. The first-order chi connectivity index (χ1) is 5.81. The van der Waals surface area contributed by atoms with E-state index >= 15 is 0 Å². The molecule has 0 aliphatic carbocycles. The van der Waals surface area contributed by atoms with Gasteiger partial charge in [0.2, 0.25) is 0 Å². The van der Waals surface area contributed by atoms with Crippen molar-refractivity contribution in [1.82, 2.24) is 4.90 Å². The number of nitrogens with two attached hydrogens (primary N) is 1. The van der Waals surface area contributed by atoms with Crippen LogP contribution in [-0.4, -0.2) is 36.8 Å². The molecule has 0 amide bonds. The van der Waals surface area contributed by atoms with Crippen molar-refractivity contribution >= 4 is 5.71 Å². The predicted molar refractivity (Wildman–Crippen MR) is 52.4 cm³/mol. The molecule has 1 rings (SSSR count). The van der Waals surface area contributed by atoms with Crippen molar-refractivity contribution in [2.45, 2.75) is 13.8 Å². The fourth-order valence-corrected chi connectivity index (χ4v) is 1.42. The first kappa shape index (κ1) is 9.26. The van der Waals surface area contributed by atoms with Gasteiger partial charge in [-0.1, -0.05) is 6.92 Å². The minimum atomic E-state index is 0.851. The molecule has 0 radical (unpaired) electrons. The second-order valence-electron chi connectivity index (χ2n) is 2.92. The molecule has 0 aromatic carbocycles. The van der Waals surface area contributed by atoms with E-state index in [-0.39, 0.29) is 0 Å². The van der Waals surface area contributed by atoms with Crippen LogP contribution >= 0.6 is 0 Å². The summed E-state index contributed by atoms with van der Waals surface area (Å²) < 4.78 is 0. The summed E-state index contributed by atoms with van der Waals surface area (Å²) in [6, 6.07) is 0. The molecule has 68 valence electrons. The van der Waals surface area contributed by atoms with Gasteiger partial charge < -0.3 is 5.73 Å². The normalized spacial score (nSPS) is 25.8. The third-order valence-electron chi connectivity index (χ3n) is 2.14. The molecule has 1 heterocycles. The van der Waals surface area contributed by atoms with Gasteiger partial charge in [0, 0.05) is 31.4 Å². The van der Waals surface area contributed by atoms with Crippen molar-refractivity contribution in [2.24, 2.45) is 10.7 Å². The molecule has 0 saturated carbocycles. The topological polar surface area (TPSA) is 41.6 Å². The molecule has 0 aromatic heterocycles. The van der Waals surface area contributed by atoms with E-state index in [0.29, 0.717) is 0 Å². The minimum Gasteiger partial charge on any atom is -0.404 e. The summed E-state index contributed by atoms with van der Waals surface area (Å²) in [5.74, 6) is 0. The van der Waals surface area contributed by atoms with Gasteiger partial charge in [0.1, 0.15) is 0 Å². The van der Waals surface area contributed by atoms with Crippen molar-refractivity contribution in [3.8, 4) is 0 Å². The Hall–Kier alpha value is -0.830. The molecule has 1 fully saturated rings. The number of nitrogens with zero attached hydrogens (tertiary/aromatic N) is 2. The van der Waals surface area contributed by atoms with Crippen molar-refractivity contribution < 1.29 is 0 Å². The Labute approximate surface area is 74.0 Å². The molecule has 3 nitrogen and oxygen atoms in total. The van der Waals surface area contributed by atoms with E-state index in [1.165, 1.54) is 11.3 Å². The largest absolute Gasteiger partial charge is 0.404 e. The second kappa shape index (κ2) is 4.26. The molecular weight excluding hydrogens is 150 g/mol. The van der Waals surface area contributed by atoms with Crippen LogP contribution in [0.15, 0.2) is 16.8 Å². The van der Waals surface area contributed by atoms with Crippen LogP contribution in [0.3, 0.4) is 0 Å². The zero-order valence-electron chi connectivity index (χ0n) is 7.88. The highest BCUT2D eigenvalue weighted by molar-refractivity contribution is 6.03. The van der Waals surface area contributed by atoms with Crippen molar-refractivity contribution in [3.63, 3.8) is 0 Å². The van der Waals surface area contributed by atoms with E-state index in [0.717, 1.165) is 26.2 Å². The van der Waals surface area contributed by atoms with Gasteiger partial charge in [-0.3, -0.25) is 9.89 Å². The lowest BCUT2D eigenvalue weighted by atomic mass is 10.2. The number of hydrogen-bond donors (Lipinski definition) is 1. The van der Waals surface area contributed by atoms with Crippen LogP contribution in [0.2, 0.25) is 0 Å². The quantitative estimate of drug-likeness (QED) is 0.655. The van der Waals surface area contributed by atoms with Crippen LogP contribution in [0, 0.1) is 0 Å². The lowest BCUT2D eigenvalue weighted by molar-refractivity contribution is 0.382. The van der Waals surface area contributed by atoms with E-state index < -0.39 is 0 Å². The van der Waals surface area contributed by atoms with Gasteiger partial charge in [-0.25, -0.2) is 0 Å². The van der Waals surface area contributed by atoms with Crippen LogP contribution in [0.25, 0.3) is 0 Å². The molecule has 3 heteroatoms. The van der Waals surface area contributed by atoms with Gasteiger partial charge in [-0.2, -0.15) is 0 Å². The van der Waals surface area contributed by atoms with Crippen molar-refractivity contribution in [2.75, 3.05) is 26.2 Å². The van der Waals surface area contributed by atoms with Gasteiger partial charge in [0.05, 0.1) is 5.71 Å². The summed E-state index contributed by atoms with van der Waals surface area (Å²) in [4.78, 5) is 6.73.